The van der Waals surface area contributed by atoms with Crippen molar-refractivity contribution in [3.05, 3.63) is 53.6 Å². The Morgan fingerprint density at radius 3 is 2.33 bits per heavy atom. The van der Waals surface area contributed by atoms with E-state index in [1.807, 2.05) is 30.0 Å². The van der Waals surface area contributed by atoms with Gasteiger partial charge in [-0.05, 0) is 63.6 Å². The van der Waals surface area contributed by atoms with Gasteiger partial charge in [-0.2, -0.15) is 0 Å². The van der Waals surface area contributed by atoms with Crippen molar-refractivity contribution in [2.75, 3.05) is 42.1 Å². The summed E-state index contributed by atoms with van der Waals surface area (Å²) in [5.41, 5.74) is 9.17. The number of aryl methyl sites for hydroxylation is 1. The normalized spacial score (nSPS) is 14.4. The summed E-state index contributed by atoms with van der Waals surface area (Å²) in [5.74, 6) is -0.102. The summed E-state index contributed by atoms with van der Waals surface area (Å²) in [6.45, 7) is 10.1. The van der Waals surface area contributed by atoms with Crippen LogP contribution >= 0.6 is 0 Å². The van der Waals surface area contributed by atoms with E-state index in [0.717, 1.165) is 30.0 Å². The third kappa shape index (κ3) is 5.23. The van der Waals surface area contributed by atoms with Crippen molar-refractivity contribution in [1.29, 1.82) is 0 Å². The molecule has 1 heterocycles. The lowest BCUT2D eigenvalue weighted by atomic mass is 10.1. The average Bonchev–Trinajstić information content (AvgIpc) is 2.66. The number of hydrogen-bond donors (Lipinski definition) is 2. The first-order valence-electron chi connectivity index (χ1n) is 10.1. The maximum absolute atomic E-state index is 13.1. The van der Waals surface area contributed by atoms with Crippen LogP contribution in [0, 0.1) is 6.92 Å². The Hall–Kier alpha value is -3.22. The quantitative estimate of drug-likeness (QED) is 0.750. The number of nitrogens with one attached hydrogen (secondary N) is 1. The summed E-state index contributed by atoms with van der Waals surface area (Å²) in [5, 5.41) is 2.70. The topological polar surface area (TPSA) is 87.9 Å². The highest BCUT2D eigenvalue weighted by Gasteiger charge is 2.25. The van der Waals surface area contributed by atoms with Gasteiger partial charge in [-0.25, -0.2) is 4.79 Å². The van der Waals surface area contributed by atoms with Crippen molar-refractivity contribution in [3.63, 3.8) is 0 Å². The second-order valence-electron chi connectivity index (χ2n) is 8.50. The molecule has 1 aliphatic heterocycles. The lowest BCUT2D eigenvalue weighted by Gasteiger charge is -2.37. The van der Waals surface area contributed by atoms with Gasteiger partial charge in [0.05, 0.1) is 11.3 Å². The molecule has 0 atom stereocenters. The molecule has 0 saturated carbocycles. The average molecular weight is 411 g/mol. The number of carbonyl (C=O) groups excluding carboxylic acids is 2. The summed E-state index contributed by atoms with van der Waals surface area (Å²) in [6.07, 6.45) is -0.577. The second kappa shape index (κ2) is 8.65. The third-order valence-corrected chi connectivity index (χ3v) is 4.92. The SMILES string of the molecule is Cc1cc(N)ccc1N1CCN(C(=O)c2ccccc2NC(=O)OC(C)(C)C)CC1. The molecule has 0 spiro atoms. The second-order valence-corrected chi connectivity index (χ2v) is 8.50. The Labute approximate surface area is 177 Å². The van der Waals surface area contributed by atoms with Crippen molar-refractivity contribution in [2.45, 2.75) is 33.3 Å². The van der Waals surface area contributed by atoms with Crippen LogP contribution in [0.2, 0.25) is 0 Å². The Balaban J connectivity index is 1.67. The van der Waals surface area contributed by atoms with Crippen molar-refractivity contribution in [2.24, 2.45) is 0 Å². The van der Waals surface area contributed by atoms with Crippen LogP contribution in [-0.2, 0) is 4.74 Å². The molecule has 0 unspecified atom stereocenters. The molecule has 3 N–H and O–H groups in total. The van der Waals surface area contributed by atoms with Gasteiger partial charge in [0.25, 0.3) is 5.91 Å². The lowest BCUT2D eigenvalue weighted by Crippen LogP contribution is -2.49. The van der Waals surface area contributed by atoms with Gasteiger partial charge in [0.1, 0.15) is 5.60 Å². The maximum Gasteiger partial charge on any atom is 0.412 e. The van der Waals surface area contributed by atoms with Crippen LogP contribution in [-0.4, -0.2) is 48.7 Å². The molecule has 0 radical (unpaired) electrons. The number of nitrogens with two attached hydrogens (primary N) is 1. The highest BCUT2D eigenvalue weighted by atomic mass is 16.6. The van der Waals surface area contributed by atoms with Crippen LogP contribution in [0.4, 0.5) is 21.9 Å². The molecule has 2 aromatic rings. The van der Waals surface area contributed by atoms with Crippen LogP contribution in [0.15, 0.2) is 42.5 Å². The van der Waals surface area contributed by atoms with Gasteiger partial charge in [0.15, 0.2) is 0 Å². The molecule has 2 aromatic carbocycles. The third-order valence-electron chi connectivity index (χ3n) is 4.92. The summed E-state index contributed by atoms with van der Waals surface area (Å²) in [4.78, 5) is 29.4. The first-order valence-corrected chi connectivity index (χ1v) is 10.1. The molecule has 30 heavy (non-hydrogen) atoms. The monoisotopic (exact) mass is 410 g/mol. The van der Waals surface area contributed by atoms with Gasteiger partial charge in [-0.3, -0.25) is 10.1 Å². The molecule has 2 amide bonds. The number of carbonyl (C=O) groups is 2. The minimum Gasteiger partial charge on any atom is -0.444 e. The van der Waals surface area contributed by atoms with Gasteiger partial charge < -0.3 is 20.3 Å². The summed E-state index contributed by atoms with van der Waals surface area (Å²) in [6, 6.07) is 12.9. The predicted octanol–water partition coefficient (Wildman–Crippen LogP) is 3.89. The van der Waals surface area contributed by atoms with Gasteiger partial charge in [0, 0.05) is 37.6 Å². The standard InChI is InChI=1S/C23H30N4O3/c1-16-15-17(24)9-10-20(16)26-11-13-27(14-12-26)21(28)18-7-5-6-8-19(18)25-22(29)30-23(2,3)4/h5-10,15H,11-14,24H2,1-4H3,(H,25,29). The number of anilines is 3. The Morgan fingerprint density at radius 1 is 1.03 bits per heavy atom. The zero-order chi connectivity index (χ0) is 21.9. The van der Waals surface area contributed by atoms with E-state index in [1.54, 1.807) is 45.0 Å². The molecule has 160 valence electrons. The molecule has 1 saturated heterocycles. The minimum atomic E-state index is -0.612. The van der Waals surface area contributed by atoms with Crippen molar-refractivity contribution < 1.29 is 14.3 Å². The first kappa shape index (κ1) is 21.5. The molecule has 3 rings (SSSR count). The zero-order valence-corrected chi connectivity index (χ0v) is 18.1. The van der Waals surface area contributed by atoms with E-state index in [4.69, 9.17) is 10.5 Å². The highest BCUT2D eigenvalue weighted by Crippen LogP contribution is 2.25. The summed E-state index contributed by atoms with van der Waals surface area (Å²) in [7, 11) is 0. The lowest BCUT2D eigenvalue weighted by molar-refractivity contribution is 0.0636. The van der Waals surface area contributed by atoms with Crippen LogP contribution in [0.25, 0.3) is 0 Å². The number of amides is 2. The Kier molecular flexibility index (Phi) is 6.20. The fraction of sp³-hybridized carbons (Fsp3) is 0.391. The van der Waals surface area contributed by atoms with Crippen LogP contribution in [0.1, 0.15) is 36.7 Å². The zero-order valence-electron chi connectivity index (χ0n) is 18.1. The van der Waals surface area contributed by atoms with E-state index in [0.29, 0.717) is 24.3 Å². The number of hydrogen-bond acceptors (Lipinski definition) is 5. The molecule has 7 heteroatoms. The van der Waals surface area contributed by atoms with E-state index < -0.39 is 11.7 Å². The summed E-state index contributed by atoms with van der Waals surface area (Å²) < 4.78 is 5.31. The molecule has 0 bridgehead atoms. The fourth-order valence-corrected chi connectivity index (χ4v) is 3.55. The molecule has 1 aliphatic rings. The number of piperazine rings is 1. The largest absolute Gasteiger partial charge is 0.444 e. The smallest absolute Gasteiger partial charge is 0.412 e. The fourth-order valence-electron chi connectivity index (χ4n) is 3.55. The number of rotatable bonds is 3. The molecular weight excluding hydrogens is 380 g/mol. The van der Waals surface area contributed by atoms with Crippen LogP contribution in [0.3, 0.4) is 0 Å². The number of para-hydroxylation sites is 1. The number of ether oxygens (including phenoxy) is 1. The molecule has 0 aliphatic carbocycles. The van der Waals surface area contributed by atoms with E-state index in [9.17, 15) is 9.59 Å². The summed E-state index contributed by atoms with van der Waals surface area (Å²) >= 11 is 0. The number of benzene rings is 2. The van der Waals surface area contributed by atoms with Crippen molar-refractivity contribution in [3.8, 4) is 0 Å². The maximum atomic E-state index is 13.1. The van der Waals surface area contributed by atoms with Crippen molar-refractivity contribution in [1.82, 2.24) is 4.90 Å². The molecular formula is C23H30N4O3. The Bertz CT molecular complexity index is 928. The van der Waals surface area contributed by atoms with E-state index in [2.05, 4.69) is 10.2 Å². The van der Waals surface area contributed by atoms with Gasteiger partial charge in [0.2, 0.25) is 0 Å². The van der Waals surface area contributed by atoms with E-state index in [-0.39, 0.29) is 5.91 Å². The first-order chi connectivity index (χ1) is 14.1. The van der Waals surface area contributed by atoms with Crippen molar-refractivity contribution >= 4 is 29.1 Å². The van der Waals surface area contributed by atoms with Crippen LogP contribution in [0.5, 0.6) is 0 Å². The highest BCUT2D eigenvalue weighted by molar-refractivity contribution is 6.02. The molecule has 0 aromatic heterocycles. The molecule has 7 nitrogen and oxygen atoms in total. The predicted molar refractivity (Wildman–Crippen MR) is 120 cm³/mol. The van der Waals surface area contributed by atoms with E-state index in [1.165, 1.54) is 0 Å². The van der Waals surface area contributed by atoms with Gasteiger partial charge in [-0.1, -0.05) is 12.1 Å². The minimum absolute atomic E-state index is 0.102. The van der Waals surface area contributed by atoms with Gasteiger partial charge in [-0.15, -0.1) is 0 Å². The Morgan fingerprint density at radius 2 is 1.70 bits per heavy atom. The van der Waals surface area contributed by atoms with Crippen LogP contribution < -0.4 is 16.0 Å². The molecule has 1 fully saturated rings. The van der Waals surface area contributed by atoms with Gasteiger partial charge >= 0.3 is 6.09 Å². The number of nitrogen functional groups attached to an aromatic ring is 1. The van der Waals surface area contributed by atoms with E-state index >= 15 is 0 Å². The number of nitrogens with zero attached hydrogens (tertiary/aromatic N) is 2.